The Morgan fingerprint density at radius 1 is 0.844 bits per heavy atom. The second-order valence-corrected chi connectivity index (χ2v) is 8.54. The molecule has 1 aromatic heterocycles. The van der Waals surface area contributed by atoms with E-state index in [2.05, 4.69) is 57.0 Å². The van der Waals surface area contributed by atoms with Gasteiger partial charge in [0.25, 0.3) is 5.91 Å². The molecule has 0 aliphatic rings. The molecule has 0 N–H and O–H groups in total. The highest BCUT2D eigenvalue weighted by Gasteiger charge is 2.18. The Hall–Kier alpha value is -3.31. The molecule has 5 heteroatoms. The highest BCUT2D eigenvalue weighted by Crippen LogP contribution is 2.19. The van der Waals surface area contributed by atoms with Gasteiger partial charge in [-0.05, 0) is 59.7 Å². The molecule has 0 fully saturated rings. The van der Waals surface area contributed by atoms with E-state index in [1.165, 1.54) is 5.56 Å². The highest BCUT2D eigenvalue weighted by molar-refractivity contribution is 9.10. The molecule has 0 aliphatic carbocycles. The molecule has 0 spiro atoms. The molecule has 0 radical (unpaired) electrons. The van der Waals surface area contributed by atoms with Crippen LogP contribution >= 0.6 is 15.9 Å². The third-order valence-corrected chi connectivity index (χ3v) is 5.91. The SMILES string of the molecule is COc1ccc(C(=O)N(Cc2ccccc2)Cc2cccn2Cc2ccc(Br)cc2)cc1. The molecule has 3 aromatic carbocycles. The van der Waals surface area contributed by atoms with Gasteiger partial charge in [0, 0.05) is 35.0 Å². The van der Waals surface area contributed by atoms with Crippen LogP contribution < -0.4 is 4.74 Å². The number of carbonyl (C=O) groups is 1. The summed E-state index contributed by atoms with van der Waals surface area (Å²) in [5, 5.41) is 0. The number of hydrogen-bond donors (Lipinski definition) is 0. The largest absolute Gasteiger partial charge is 0.497 e. The summed E-state index contributed by atoms with van der Waals surface area (Å²) in [6, 6.07) is 29.8. The van der Waals surface area contributed by atoms with E-state index < -0.39 is 0 Å². The summed E-state index contributed by atoms with van der Waals surface area (Å²) in [6.45, 7) is 1.81. The number of ether oxygens (including phenoxy) is 1. The van der Waals surface area contributed by atoms with E-state index >= 15 is 0 Å². The van der Waals surface area contributed by atoms with Gasteiger partial charge in [-0.25, -0.2) is 0 Å². The second kappa shape index (κ2) is 10.3. The van der Waals surface area contributed by atoms with Crippen molar-refractivity contribution in [3.63, 3.8) is 0 Å². The maximum atomic E-state index is 13.5. The Morgan fingerprint density at radius 3 is 2.25 bits per heavy atom. The number of rotatable bonds is 8. The van der Waals surface area contributed by atoms with Crippen molar-refractivity contribution in [1.82, 2.24) is 9.47 Å². The third-order valence-electron chi connectivity index (χ3n) is 5.38. The second-order valence-electron chi connectivity index (χ2n) is 7.63. The minimum absolute atomic E-state index is 0.00658. The zero-order chi connectivity index (χ0) is 22.3. The number of hydrogen-bond acceptors (Lipinski definition) is 2. The van der Waals surface area contributed by atoms with Crippen molar-refractivity contribution in [2.75, 3.05) is 7.11 Å². The van der Waals surface area contributed by atoms with Crippen LogP contribution in [0.4, 0.5) is 0 Å². The van der Waals surface area contributed by atoms with E-state index in [0.717, 1.165) is 28.0 Å². The molecule has 0 saturated heterocycles. The Bertz CT molecular complexity index is 1150. The predicted octanol–water partition coefficient (Wildman–Crippen LogP) is 6.15. The van der Waals surface area contributed by atoms with Crippen molar-refractivity contribution >= 4 is 21.8 Å². The van der Waals surface area contributed by atoms with Gasteiger partial charge in [-0.3, -0.25) is 4.79 Å². The van der Waals surface area contributed by atoms with Crippen molar-refractivity contribution < 1.29 is 9.53 Å². The zero-order valence-corrected chi connectivity index (χ0v) is 19.5. The van der Waals surface area contributed by atoms with E-state index in [0.29, 0.717) is 18.7 Å². The highest BCUT2D eigenvalue weighted by atomic mass is 79.9. The summed E-state index contributed by atoms with van der Waals surface area (Å²) in [5.74, 6) is 0.729. The van der Waals surface area contributed by atoms with Crippen LogP contribution in [0.15, 0.2) is 102 Å². The fourth-order valence-corrected chi connectivity index (χ4v) is 3.91. The van der Waals surface area contributed by atoms with Gasteiger partial charge < -0.3 is 14.2 Å². The van der Waals surface area contributed by atoms with Crippen molar-refractivity contribution in [2.24, 2.45) is 0 Å². The van der Waals surface area contributed by atoms with Gasteiger partial charge in [0.2, 0.25) is 0 Å². The first-order valence-corrected chi connectivity index (χ1v) is 11.3. The first-order valence-electron chi connectivity index (χ1n) is 10.5. The first kappa shape index (κ1) is 21.9. The van der Waals surface area contributed by atoms with Gasteiger partial charge in [0.15, 0.2) is 0 Å². The van der Waals surface area contributed by atoms with Crippen molar-refractivity contribution in [3.05, 3.63) is 124 Å². The number of aromatic nitrogens is 1. The van der Waals surface area contributed by atoms with Crippen LogP contribution in [-0.4, -0.2) is 22.5 Å². The monoisotopic (exact) mass is 488 g/mol. The van der Waals surface area contributed by atoms with E-state index in [1.54, 1.807) is 7.11 Å². The van der Waals surface area contributed by atoms with Gasteiger partial charge in [-0.1, -0.05) is 58.4 Å². The lowest BCUT2D eigenvalue weighted by Gasteiger charge is -2.24. The average molecular weight is 489 g/mol. The summed E-state index contributed by atoms with van der Waals surface area (Å²) >= 11 is 3.49. The fraction of sp³-hybridized carbons (Fsp3) is 0.148. The molecule has 1 heterocycles. The van der Waals surface area contributed by atoms with Gasteiger partial charge in [0.05, 0.1) is 13.7 Å². The van der Waals surface area contributed by atoms with Crippen molar-refractivity contribution in [3.8, 4) is 5.75 Å². The molecular weight excluding hydrogens is 464 g/mol. The number of carbonyl (C=O) groups excluding carboxylic acids is 1. The predicted molar refractivity (Wildman–Crippen MR) is 131 cm³/mol. The molecule has 1 amide bonds. The lowest BCUT2D eigenvalue weighted by atomic mass is 10.1. The molecule has 162 valence electrons. The number of nitrogens with zero attached hydrogens (tertiary/aromatic N) is 2. The number of benzene rings is 3. The first-order chi connectivity index (χ1) is 15.6. The van der Waals surface area contributed by atoms with Gasteiger partial charge in [-0.2, -0.15) is 0 Å². The quantitative estimate of drug-likeness (QED) is 0.298. The topological polar surface area (TPSA) is 34.5 Å². The summed E-state index contributed by atoms with van der Waals surface area (Å²) in [4.78, 5) is 15.3. The molecule has 0 atom stereocenters. The Balaban J connectivity index is 1.58. The van der Waals surface area contributed by atoms with Gasteiger partial charge in [0.1, 0.15) is 5.75 Å². The van der Waals surface area contributed by atoms with Crippen LogP contribution in [0.2, 0.25) is 0 Å². The maximum Gasteiger partial charge on any atom is 0.254 e. The maximum absolute atomic E-state index is 13.5. The zero-order valence-electron chi connectivity index (χ0n) is 17.9. The van der Waals surface area contributed by atoms with Crippen LogP contribution in [0.1, 0.15) is 27.2 Å². The van der Waals surface area contributed by atoms with E-state index in [4.69, 9.17) is 4.74 Å². The summed E-state index contributed by atoms with van der Waals surface area (Å²) in [6.07, 6.45) is 2.07. The number of halogens is 1. The molecule has 0 aliphatic heterocycles. The summed E-state index contributed by atoms with van der Waals surface area (Å²) in [5.41, 5.74) is 4.04. The Labute approximate surface area is 197 Å². The molecule has 0 saturated carbocycles. The van der Waals surface area contributed by atoms with Crippen LogP contribution in [0.3, 0.4) is 0 Å². The molecular formula is C27H25BrN2O2. The fourth-order valence-electron chi connectivity index (χ4n) is 3.65. The van der Waals surface area contributed by atoms with Crippen LogP contribution in [0, 0.1) is 0 Å². The van der Waals surface area contributed by atoms with Crippen molar-refractivity contribution in [2.45, 2.75) is 19.6 Å². The lowest BCUT2D eigenvalue weighted by molar-refractivity contribution is 0.0726. The molecule has 0 bridgehead atoms. The van der Waals surface area contributed by atoms with E-state index in [9.17, 15) is 4.79 Å². The number of methoxy groups -OCH3 is 1. The van der Waals surface area contributed by atoms with E-state index in [-0.39, 0.29) is 5.91 Å². The van der Waals surface area contributed by atoms with Gasteiger partial charge in [-0.15, -0.1) is 0 Å². The minimum atomic E-state index is -0.00658. The normalized spacial score (nSPS) is 10.7. The summed E-state index contributed by atoms with van der Waals surface area (Å²) < 4.78 is 8.50. The third kappa shape index (κ3) is 5.48. The molecule has 4 nitrogen and oxygen atoms in total. The number of amides is 1. The van der Waals surface area contributed by atoms with Crippen LogP contribution in [0.25, 0.3) is 0 Å². The standard InChI is InChI=1S/C27H25BrN2O2/c1-32-26-15-11-23(12-16-26)27(31)30(19-21-6-3-2-4-7-21)20-25-8-5-17-29(25)18-22-9-13-24(28)14-10-22/h2-17H,18-20H2,1H3. The molecule has 4 rings (SSSR count). The Kier molecular flexibility index (Phi) is 7.07. The minimum Gasteiger partial charge on any atom is -0.497 e. The molecule has 32 heavy (non-hydrogen) atoms. The van der Waals surface area contributed by atoms with Crippen molar-refractivity contribution in [1.29, 1.82) is 0 Å². The smallest absolute Gasteiger partial charge is 0.254 e. The molecule has 4 aromatic rings. The lowest BCUT2D eigenvalue weighted by Crippen LogP contribution is -2.31. The summed E-state index contributed by atoms with van der Waals surface area (Å²) in [7, 11) is 1.62. The van der Waals surface area contributed by atoms with Gasteiger partial charge >= 0.3 is 0 Å². The Morgan fingerprint density at radius 2 is 1.56 bits per heavy atom. The van der Waals surface area contributed by atoms with Crippen LogP contribution in [-0.2, 0) is 19.6 Å². The average Bonchev–Trinajstić information content (AvgIpc) is 3.27. The molecule has 0 unspecified atom stereocenters. The van der Waals surface area contributed by atoms with Crippen LogP contribution in [0.5, 0.6) is 5.75 Å². The van der Waals surface area contributed by atoms with E-state index in [1.807, 2.05) is 65.6 Å².